The van der Waals surface area contributed by atoms with Crippen molar-refractivity contribution in [1.82, 2.24) is 10.6 Å². The van der Waals surface area contributed by atoms with Gasteiger partial charge >= 0.3 is 0 Å². The van der Waals surface area contributed by atoms with E-state index < -0.39 is 24.3 Å². The molecule has 0 saturated heterocycles. The number of carboxylic acid groups (broad SMARTS) is 1. The molecule has 1 heterocycles. The SMILES string of the molecule is O=C([O-])CNC(=O)/C(=C\c1cccs1)NC(=O)c1ccccc1. The van der Waals surface area contributed by atoms with Gasteiger partial charge in [0.25, 0.3) is 11.8 Å². The number of rotatable bonds is 6. The van der Waals surface area contributed by atoms with Crippen LogP contribution in [0.25, 0.3) is 6.08 Å². The van der Waals surface area contributed by atoms with Gasteiger partial charge in [-0.15, -0.1) is 11.3 Å². The third-order valence-electron chi connectivity index (χ3n) is 2.75. The van der Waals surface area contributed by atoms with E-state index in [1.54, 1.807) is 42.5 Å². The molecule has 0 radical (unpaired) electrons. The lowest BCUT2D eigenvalue weighted by Gasteiger charge is -2.11. The minimum absolute atomic E-state index is 0.0393. The second-order valence-electron chi connectivity index (χ2n) is 4.45. The Morgan fingerprint density at radius 2 is 1.83 bits per heavy atom. The van der Waals surface area contributed by atoms with Gasteiger partial charge < -0.3 is 20.5 Å². The Morgan fingerprint density at radius 3 is 2.43 bits per heavy atom. The highest BCUT2D eigenvalue weighted by Crippen LogP contribution is 2.13. The van der Waals surface area contributed by atoms with Crippen LogP contribution in [0.1, 0.15) is 15.2 Å². The Bertz CT molecular complexity index is 724. The highest BCUT2D eigenvalue weighted by atomic mass is 32.1. The smallest absolute Gasteiger partial charge is 0.268 e. The number of carbonyl (C=O) groups is 3. The highest BCUT2D eigenvalue weighted by Gasteiger charge is 2.14. The van der Waals surface area contributed by atoms with Gasteiger partial charge in [-0.25, -0.2) is 0 Å². The normalized spacial score (nSPS) is 10.9. The van der Waals surface area contributed by atoms with Gasteiger partial charge in [-0.3, -0.25) is 9.59 Å². The van der Waals surface area contributed by atoms with Crippen molar-refractivity contribution in [3.63, 3.8) is 0 Å². The summed E-state index contributed by atoms with van der Waals surface area (Å²) >= 11 is 1.38. The first-order chi connectivity index (χ1) is 11.1. The number of benzene rings is 1. The van der Waals surface area contributed by atoms with E-state index in [1.807, 2.05) is 5.38 Å². The Balaban J connectivity index is 2.18. The third kappa shape index (κ3) is 5.08. The molecule has 1 aromatic heterocycles. The van der Waals surface area contributed by atoms with Crippen LogP contribution in [0, 0.1) is 0 Å². The maximum absolute atomic E-state index is 12.2. The molecular formula is C16H13N2O4S-. The van der Waals surface area contributed by atoms with Crippen molar-refractivity contribution < 1.29 is 19.5 Å². The first kappa shape index (κ1) is 16.4. The Hall–Kier alpha value is -2.93. The Kier molecular flexibility index (Phi) is 5.65. The van der Waals surface area contributed by atoms with Crippen molar-refractivity contribution in [3.05, 3.63) is 64.0 Å². The zero-order valence-electron chi connectivity index (χ0n) is 11.9. The van der Waals surface area contributed by atoms with Crippen molar-refractivity contribution in [2.45, 2.75) is 0 Å². The minimum atomic E-state index is -1.41. The van der Waals surface area contributed by atoms with Crippen LogP contribution in [0.3, 0.4) is 0 Å². The van der Waals surface area contributed by atoms with Crippen LogP contribution in [0.15, 0.2) is 53.5 Å². The summed E-state index contributed by atoms with van der Waals surface area (Å²) in [6.45, 7) is -0.637. The molecule has 0 spiro atoms. The van der Waals surface area contributed by atoms with Gasteiger partial charge in [0, 0.05) is 10.4 Å². The van der Waals surface area contributed by atoms with Crippen LogP contribution in [-0.4, -0.2) is 24.3 Å². The van der Waals surface area contributed by atoms with E-state index in [0.29, 0.717) is 5.56 Å². The first-order valence-electron chi connectivity index (χ1n) is 6.66. The third-order valence-corrected chi connectivity index (χ3v) is 3.57. The van der Waals surface area contributed by atoms with Gasteiger partial charge in [-0.2, -0.15) is 0 Å². The van der Waals surface area contributed by atoms with Crippen LogP contribution in [-0.2, 0) is 9.59 Å². The molecular weight excluding hydrogens is 316 g/mol. The zero-order chi connectivity index (χ0) is 16.7. The molecule has 1 aromatic carbocycles. The van der Waals surface area contributed by atoms with Gasteiger partial charge in [0.05, 0.1) is 12.5 Å². The number of thiophene rings is 1. The maximum atomic E-state index is 12.2. The molecule has 0 atom stereocenters. The van der Waals surface area contributed by atoms with E-state index in [2.05, 4.69) is 10.6 Å². The predicted octanol–water partition coefficient (Wildman–Crippen LogP) is 0.385. The fourth-order valence-electron chi connectivity index (χ4n) is 1.71. The molecule has 2 amide bonds. The molecule has 0 bridgehead atoms. The minimum Gasteiger partial charge on any atom is -0.548 e. The summed E-state index contributed by atoms with van der Waals surface area (Å²) in [6, 6.07) is 12.0. The molecule has 0 unspecified atom stereocenters. The van der Waals surface area contributed by atoms with Crippen molar-refractivity contribution >= 4 is 35.2 Å². The van der Waals surface area contributed by atoms with Crippen LogP contribution in [0.2, 0.25) is 0 Å². The van der Waals surface area contributed by atoms with Crippen molar-refractivity contribution in [1.29, 1.82) is 0 Å². The number of nitrogens with one attached hydrogen (secondary N) is 2. The molecule has 6 nitrogen and oxygen atoms in total. The number of aliphatic carboxylic acids is 1. The van der Waals surface area contributed by atoms with Gasteiger partial charge in [0.1, 0.15) is 5.70 Å². The lowest BCUT2D eigenvalue weighted by Crippen LogP contribution is -2.41. The Labute approximate surface area is 136 Å². The average molecular weight is 329 g/mol. The van der Waals surface area contributed by atoms with E-state index in [9.17, 15) is 19.5 Å². The molecule has 7 heteroatoms. The number of hydrogen-bond acceptors (Lipinski definition) is 5. The standard InChI is InChI=1S/C16H14N2O4S/c19-14(20)10-17-16(22)13(9-12-7-4-8-23-12)18-15(21)11-5-2-1-3-6-11/h1-9H,10H2,(H,17,22)(H,18,21)(H,19,20)/p-1/b13-9+. The molecule has 0 aliphatic rings. The van der Waals surface area contributed by atoms with Gasteiger partial charge in [0.15, 0.2) is 0 Å². The monoisotopic (exact) mass is 329 g/mol. The summed E-state index contributed by atoms with van der Waals surface area (Å²) < 4.78 is 0. The van der Waals surface area contributed by atoms with E-state index >= 15 is 0 Å². The first-order valence-corrected chi connectivity index (χ1v) is 7.54. The zero-order valence-corrected chi connectivity index (χ0v) is 12.8. The summed E-state index contributed by atoms with van der Waals surface area (Å²) in [5.74, 6) is -2.58. The fraction of sp³-hybridized carbons (Fsp3) is 0.0625. The van der Waals surface area contributed by atoms with Crippen molar-refractivity contribution in [2.75, 3.05) is 6.54 Å². The topological polar surface area (TPSA) is 98.3 Å². The summed E-state index contributed by atoms with van der Waals surface area (Å²) in [7, 11) is 0. The molecule has 0 saturated carbocycles. The van der Waals surface area contributed by atoms with Crippen molar-refractivity contribution in [3.8, 4) is 0 Å². The van der Waals surface area contributed by atoms with E-state index in [1.165, 1.54) is 17.4 Å². The summed E-state index contributed by atoms with van der Waals surface area (Å²) in [5, 5.41) is 16.9. The average Bonchev–Trinajstić information content (AvgIpc) is 3.05. The summed E-state index contributed by atoms with van der Waals surface area (Å²) in [4.78, 5) is 35.4. The summed E-state index contributed by atoms with van der Waals surface area (Å²) in [6.07, 6.45) is 1.48. The largest absolute Gasteiger partial charge is 0.548 e. The lowest BCUT2D eigenvalue weighted by atomic mass is 10.2. The molecule has 118 valence electrons. The van der Waals surface area contributed by atoms with E-state index in [4.69, 9.17) is 0 Å². The van der Waals surface area contributed by atoms with E-state index in [-0.39, 0.29) is 5.70 Å². The molecule has 0 fully saturated rings. The van der Waals surface area contributed by atoms with Crippen LogP contribution >= 0.6 is 11.3 Å². The number of hydrogen-bond donors (Lipinski definition) is 2. The highest BCUT2D eigenvalue weighted by molar-refractivity contribution is 7.10. The van der Waals surface area contributed by atoms with Crippen LogP contribution < -0.4 is 15.7 Å². The van der Waals surface area contributed by atoms with Crippen molar-refractivity contribution in [2.24, 2.45) is 0 Å². The predicted molar refractivity (Wildman–Crippen MR) is 84.2 cm³/mol. The molecule has 2 aromatic rings. The number of carboxylic acids is 1. The van der Waals surface area contributed by atoms with Gasteiger partial charge in [-0.05, 0) is 29.7 Å². The molecule has 23 heavy (non-hydrogen) atoms. The number of amides is 2. The van der Waals surface area contributed by atoms with Crippen LogP contribution in [0.4, 0.5) is 0 Å². The summed E-state index contributed by atoms with van der Waals surface area (Å²) in [5.41, 5.74) is 0.347. The van der Waals surface area contributed by atoms with Gasteiger partial charge in [0.2, 0.25) is 0 Å². The molecule has 2 N–H and O–H groups in total. The second-order valence-corrected chi connectivity index (χ2v) is 5.43. The van der Waals surface area contributed by atoms with Crippen LogP contribution in [0.5, 0.6) is 0 Å². The quantitative estimate of drug-likeness (QED) is 0.749. The fourth-order valence-corrected chi connectivity index (χ4v) is 2.36. The van der Waals surface area contributed by atoms with E-state index in [0.717, 1.165) is 4.88 Å². The Morgan fingerprint density at radius 1 is 1.09 bits per heavy atom. The second kappa shape index (κ2) is 7.90. The number of carbonyl (C=O) groups excluding carboxylic acids is 3. The molecule has 0 aliphatic heterocycles. The lowest BCUT2D eigenvalue weighted by molar-refractivity contribution is -0.303. The molecule has 2 rings (SSSR count). The molecule has 0 aliphatic carbocycles. The maximum Gasteiger partial charge on any atom is 0.268 e. The van der Waals surface area contributed by atoms with Gasteiger partial charge in [-0.1, -0.05) is 24.3 Å².